The second-order valence-corrected chi connectivity index (χ2v) is 5.62. The third-order valence-corrected chi connectivity index (χ3v) is 4.44. The van der Waals surface area contributed by atoms with E-state index in [1.165, 1.54) is 51.5 Å². The maximum atomic E-state index is 5.96. The summed E-state index contributed by atoms with van der Waals surface area (Å²) in [5, 5.41) is 7.21. The average molecular weight is 225 g/mol. The van der Waals surface area contributed by atoms with Crippen LogP contribution < -0.4 is 16.4 Å². The van der Waals surface area contributed by atoms with Gasteiger partial charge in [0.2, 0.25) is 0 Å². The first-order valence-corrected chi connectivity index (χ1v) is 7.00. The molecule has 1 heterocycles. The van der Waals surface area contributed by atoms with Crippen LogP contribution in [0.1, 0.15) is 44.9 Å². The van der Waals surface area contributed by atoms with Crippen LogP contribution in [0.25, 0.3) is 0 Å². The molecule has 2 fully saturated rings. The Morgan fingerprint density at radius 3 is 2.44 bits per heavy atom. The average Bonchev–Trinajstić information content (AvgIpc) is 2.39. The van der Waals surface area contributed by atoms with Crippen molar-refractivity contribution in [3.63, 3.8) is 0 Å². The predicted octanol–water partition coefficient (Wildman–Crippen LogP) is 1.24. The molecular weight excluding hydrogens is 198 g/mol. The Balaban J connectivity index is 1.77. The van der Waals surface area contributed by atoms with Gasteiger partial charge in [-0.05, 0) is 51.2 Å². The topological polar surface area (TPSA) is 50.1 Å². The molecule has 0 unspecified atom stereocenters. The summed E-state index contributed by atoms with van der Waals surface area (Å²) in [6.45, 7) is 4.22. The molecule has 1 saturated carbocycles. The molecule has 0 amide bonds. The van der Waals surface area contributed by atoms with Crippen molar-refractivity contribution in [2.75, 3.05) is 26.2 Å². The third kappa shape index (κ3) is 3.19. The molecule has 1 aliphatic heterocycles. The van der Waals surface area contributed by atoms with E-state index < -0.39 is 0 Å². The molecule has 1 aliphatic carbocycles. The predicted molar refractivity (Wildman–Crippen MR) is 68.5 cm³/mol. The van der Waals surface area contributed by atoms with Crippen LogP contribution in [0.3, 0.4) is 0 Å². The SMILES string of the molecule is NCC1(NCC2CCCCC2)CCNCC1. The van der Waals surface area contributed by atoms with E-state index in [2.05, 4.69) is 10.6 Å². The number of hydrogen-bond acceptors (Lipinski definition) is 3. The molecule has 2 rings (SSSR count). The van der Waals surface area contributed by atoms with Crippen molar-refractivity contribution in [3.05, 3.63) is 0 Å². The Labute approximate surface area is 99.5 Å². The molecule has 0 aromatic rings. The maximum absolute atomic E-state index is 5.96. The number of nitrogens with two attached hydrogens (primary N) is 1. The van der Waals surface area contributed by atoms with Crippen LogP contribution in [0.15, 0.2) is 0 Å². The molecule has 0 aromatic heterocycles. The molecule has 0 spiro atoms. The van der Waals surface area contributed by atoms with E-state index in [-0.39, 0.29) is 5.54 Å². The van der Waals surface area contributed by atoms with Crippen molar-refractivity contribution in [2.24, 2.45) is 11.7 Å². The molecule has 1 saturated heterocycles. The largest absolute Gasteiger partial charge is 0.329 e. The first kappa shape index (κ1) is 12.3. The van der Waals surface area contributed by atoms with Gasteiger partial charge in [0, 0.05) is 12.1 Å². The Hall–Kier alpha value is -0.120. The van der Waals surface area contributed by atoms with Gasteiger partial charge in [0.25, 0.3) is 0 Å². The highest BCUT2D eigenvalue weighted by atomic mass is 15.0. The summed E-state index contributed by atoms with van der Waals surface area (Å²) in [6.07, 6.45) is 9.54. The molecule has 3 nitrogen and oxygen atoms in total. The summed E-state index contributed by atoms with van der Waals surface area (Å²) in [5.74, 6) is 0.909. The Kier molecular flexibility index (Phi) is 4.62. The fourth-order valence-electron chi connectivity index (χ4n) is 3.11. The Bertz CT molecular complexity index is 193. The first-order chi connectivity index (χ1) is 7.85. The molecule has 0 bridgehead atoms. The van der Waals surface area contributed by atoms with Crippen LogP contribution >= 0.6 is 0 Å². The fourth-order valence-corrected chi connectivity index (χ4v) is 3.11. The molecule has 3 heteroatoms. The highest BCUT2D eigenvalue weighted by molar-refractivity contribution is 4.93. The van der Waals surface area contributed by atoms with E-state index in [1.54, 1.807) is 0 Å². The first-order valence-electron chi connectivity index (χ1n) is 7.00. The minimum absolute atomic E-state index is 0.239. The Morgan fingerprint density at radius 2 is 1.81 bits per heavy atom. The van der Waals surface area contributed by atoms with Gasteiger partial charge >= 0.3 is 0 Å². The molecule has 94 valence electrons. The molecule has 16 heavy (non-hydrogen) atoms. The molecule has 0 radical (unpaired) electrons. The summed E-state index contributed by atoms with van der Waals surface area (Å²) in [7, 11) is 0. The number of hydrogen-bond donors (Lipinski definition) is 3. The summed E-state index contributed by atoms with van der Waals surface area (Å²) in [4.78, 5) is 0. The lowest BCUT2D eigenvalue weighted by Gasteiger charge is -2.39. The quantitative estimate of drug-likeness (QED) is 0.674. The third-order valence-electron chi connectivity index (χ3n) is 4.44. The standard InChI is InChI=1S/C13H27N3/c14-11-13(6-8-15-9-7-13)16-10-12-4-2-1-3-5-12/h12,15-16H,1-11,14H2. The van der Waals surface area contributed by atoms with Crippen LogP contribution in [-0.4, -0.2) is 31.7 Å². The van der Waals surface area contributed by atoms with Gasteiger partial charge in [-0.25, -0.2) is 0 Å². The van der Waals surface area contributed by atoms with Gasteiger partial charge in [-0.15, -0.1) is 0 Å². The maximum Gasteiger partial charge on any atom is 0.0328 e. The highest BCUT2D eigenvalue weighted by Crippen LogP contribution is 2.24. The molecule has 0 atom stereocenters. The van der Waals surface area contributed by atoms with Crippen molar-refractivity contribution in [1.29, 1.82) is 0 Å². The molecule has 2 aliphatic rings. The van der Waals surface area contributed by atoms with Crippen molar-refractivity contribution in [1.82, 2.24) is 10.6 Å². The highest BCUT2D eigenvalue weighted by Gasteiger charge is 2.30. The minimum Gasteiger partial charge on any atom is -0.329 e. The normalized spacial score (nSPS) is 26.8. The van der Waals surface area contributed by atoms with Gasteiger partial charge in [-0.2, -0.15) is 0 Å². The van der Waals surface area contributed by atoms with Crippen molar-refractivity contribution < 1.29 is 0 Å². The monoisotopic (exact) mass is 225 g/mol. The Morgan fingerprint density at radius 1 is 1.12 bits per heavy atom. The lowest BCUT2D eigenvalue weighted by atomic mass is 9.85. The van der Waals surface area contributed by atoms with Crippen LogP contribution in [0.4, 0.5) is 0 Å². The smallest absolute Gasteiger partial charge is 0.0328 e. The van der Waals surface area contributed by atoms with E-state index in [0.29, 0.717) is 0 Å². The van der Waals surface area contributed by atoms with Crippen LogP contribution in [0, 0.1) is 5.92 Å². The van der Waals surface area contributed by atoms with Gasteiger partial charge in [0.05, 0.1) is 0 Å². The number of nitrogens with one attached hydrogen (secondary N) is 2. The van der Waals surface area contributed by atoms with Crippen molar-refractivity contribution >= 4 is 0 Å². The zero-order valence-corrected chi connectivity index (χ0v) is 10.4. The second kappa shape index (κ2) is 5.99. The second-order valence-electron chi connectivity index (χ2n) is 5.62. The van der Waals surface area contributed by atoms with Gasteiger partial charge in [-0.1, -0.05) is 19.3 Å². The van der Waals surface area contributed by atoms with Crippen LogP contribution in [0.2, 0.25) is 0 Å². The van der Waals surface area contributed by atoms with E-state index >= 15 is 0 Å². The fraction of sp³-hybridized carbons (Fsp3) is 1.00. The summed E-state index contributed by atoms with van der Waals surface area (Å²) in [5.41, 5.74) is 6.20. The molecule has 0 aromatic carbocycles. The van der Waals surface area contributed by atoms with E-state index in [9.17, 15) is 0 Å². The number of piperidine rings is 1. The zero-order chi connectivity index (χ0) is 11.3. The van der Waals surface area contributed by atoms with Crippen LogP contribution in [0.5, 0.6) is 0 Å². The lowest BCUT2D eigenvalue weighted by Crippen LogP contribution is -2.57. The van der Waals surface area contributed by atoms with Gasteiger partial charge in [0.15, 0.2) is 0 Å². The zero-order valence-electron chi connectivity index (χ0n) is 10.4. The molecule has 4 N–H and O–H groups in total. The van der Waals surface area contributed by atoms with E-state index in [1.807, 2.05) is 0 Å². The van der Waals surface area contributed by atoms with E-state index in [0.717, 1.165) is 25.6 Å². The van der Waals surface area contributed by atoms with E-state index in [4.69, 9.17) is 5.73 Å². The molecular formula is C13H27N3. The summed E-state index contributed by atoms with van der Waals surface area (Å²) < 4.78 is 0. The van der Waals surface area contributed by atoms with Crippen molar-refractivity contribution in [3.8, 4) is 0 Å². The lowest BCUT2D eigenvalue weighted by molar-refractivity contribution is 0.222. The van der Waals surface area contributed by atoms with Gasteiger partial charge < -0.3 is 16.4 Å². The summed E-state index contributed by atoms with van der Waals surface area (Å²) >= 11 is 0. The van der Waals surface area contributed by atoms with Crippen molar-refractivity contribution in [2.45, 2.75) is 50.5 Å². The van der Waals surface area contributed by atoms with Crippen LogP contribution in [-0.2, 0) is 0 Å². The summed E-state index contributed by atoms with van der Waals surface area (Å²) in [6, 6.07) is 0. The van der Waals surface area contributed by atoms with Gasteiger partial charge in [-0.3, -0.25) is 0 Å². The number of rotatable bonds is 4. The van der Waals surface area contributed by atoms with Gasteiger partial charge in [0.1, 0.15) is 0 Å². The minimum atomic E-state index is 0.239.